The van der Waals surface area contributed by atoms with Gasteiger partial charge in [0.2, 0.25) is 5.91 Å². The number of aliphatic hydroxyl groups is 1. The Labute approximate surface area is 164 Å². The van der Waals surface area contributed by atoms with Gasteiger partial charge in [-0.25, -0.2) is 4.09 Å². The maximum Gasteiger partial charge on any atom is 0.225 e. The molecule has 7 heteroatoms. The van der Waals surface area contributed by atoms with E-state index in [9.17, 15) is 4.79 Å². The highest BCUT2D eigenvalue weighted by Gasteiger charge is 2.26. The lowest BCUT2D eigenvalue weighted by atomic mass is 10.3. The molecule has 0 atom stereocenters. The van der Waals surface area contributed by atoms with E-state index in [0.717, 1.165) is 21.9 Å². The maximum atomic E-state index is 11.7. The summed E-state index contributed by atoms with van der Waals surface area (Å²) in [6, 6.07) is 9.68. The van der Waals surface area contributed by atoms with Gasteiger partial charge < -0.3 is 14.7 Å². The summed E-state index contributed by atoms with van der Waals surface area (Å²) in [6.07, 6.45) is 5.88. The average molecular weight is 388 g/mol. The van der Waals surface area contributed by atoms with E-state index in [1.807, 2.05) is 49.5 Å². The van der Waals surface area contributed by atoms with Crippen molar-refractivity contribution in [3.05, 3.63) is 71.4 Å². The number of ether oxygens (including phenoxy) is 1. The molecule has 0 saturated heterocycles. The van der Waals surface area contributed by atoms with Crippen molar-refractivity contribution in [2.24, 2.45) is 0 Å². The molecule has 0 aliphatic carbocycles. The summed E-state index contributed by atoms with van der Waals surface area (Å²) in [5, 5.41) is 13.2. The van der Waals surface area contributed by atoms with Crippen LogP contribution < -0.4 is 4.74 Å². The van der Waals surface area contributed by atoms with Gasteiger partial charge >= 0.3 is 0 Å². The highest BCUT2D eigenvalue weighted by atomic mass is 32.2. The summed E-state index contributed by atoms with van der Waals surface area (Å²) in [5.74, 6) is 0.882. The molecule has 6 nitrogen and oxygen atoms in total. The van der Waals surface area contributed by atoms with E-state index >= 15 is 0 Å². The van der Waals surface area contributed by atoms with Crippen LogP contribution >= 0.6 is 11.9 Å². The van der Waals surface area contributed by atoms with Crippen molar-refractivity contribution in [3.8, 4) is 5.75 Å². The monoisotopic (exact) mass is 387 g/mol. The van der Waals surface area contributed by atoms with Gasteiger partial charge in [0, 0.05) is 41.6 Å². The molecule has 2 aromatic rings. The molecule has 0 bridgehead atoms. The number of methoxy groups -OCH3 is 1. The normalized spacial score (nSPS) is 12.9. The lowest BCUT2D eigenvalue weighted by Crippen LogP contribution is -2.26. The summed E-state index contributed by atoms with van der Waals surface area (Å²) in [4.78, 5) is 14.4. The molecule has 0 unspecified atom stereocenters. The Morgan fingerprint density at radius 2 is 2.11 bits per heavy atom. The highest BCUT2D eigenvalue weighted by molar-refractivity contribution is 8.01. The van der Waals surface area contributed by atoms with Gasteiger partial charge in [0.1, 0.15) is 5.75 Å². The number of aliphatic hydroxyl groups excluding tert-OH is 1. The van der Waals surface area contributed by atoms with Gasteiger partial charge in [0.05, 0.1) is 26.0 Å². The number of para-hydroxylation sites is 1. The van der Waals surface area contributed by atoms with Crippen LogP contribution in [0.5, 0.6) is 5.75 Å². The Hall–Kier alpha value is -2.51. The molecule has 1 aliphatic heterocycles. The molecule has 1 amide bonds. The Morgan fingerprint density at radius 1 is 1.37 bits per heavy atom. The molecule has 1 aromatic heterocycles. The second-order valence-electron chi connectivity index (χ2n) is 5.73. The number of hydrogen-bond acceptors (Lipinski definition) is 5. The number of amides is 1. The molecule has 144 valence electrons. The van der Waals surface area contributed by atoms with E-state index < -0.39 is 0 Å². The van der Waals surface area contributed by atoms with Crippen LogP contribution in [0.4, 0.5) is 0 Å². The van der Waals surface area contributed by atoms with Gasteiger partial charge in [0.25, 0.3) is 0 Å². The van der Waals surface area contributed by atoms with Crippen molar-refractivity contribution in [2.75, 3.05) is 13.7 Å². The second-order valence-corrected chi connectivity index (χ2v) is 6.76. The summed E-state index contributed by atoms with van der Waals surface area (Å²) in [7, 11) is 1.66. The molecular weight excluding hydrogens is 362 g/mol. The fraction of sp³-hybridized carbons (Fsp3) is 0.300. The number of carbonyl (C=O) groups is 1. The third-order valence-corrected chi connectivity index (χ3v) is 4.89. The molecule has 3 rings (SSSR count). The standard InChI is InChI=1S/C13H17N3O2S.C7H8O/c1-3-11(4-2)19-16-8-10-7-15(9-12(10)14-16)13(18)5-6-17;1-8-7-5-3-2-4-6-7/h3-4,8,17H,1,5-7,9H2,2H3;2-6H,1H3/b11-4+;. The van der Waals surface area contributed by atoms with Gasteiger partial charge in [-0.2, -0.15) is 5.10 Å². The number of allylic oxidation sites excluding steroid dienone is 2. The Kier molecular flexibility index (Phi) is 8.16. The zero-order valence-electron chi connectivity index (χ0n) is 15.7. The third kappa shape index (κ3) is 6.01. The number of nitrogens with zero attached hydrogens (tertiary/aromatic N) is 3. The van der Waals surface area contributed by atoms with Crippen molar-refractivity contribution in [3.63, 3.8) is 0 Å². The van der Waals surface area contributed by atoms with E-state index in [-0.39, 0.29) is 18.9 Å². The van der Waals surface area contributed by atoms with Crippen molar-refractivity contribution in [1.29, 1.82) is 0 Å². The van der Waals surface area contributed by atoms with Crippen LogP contribution in [-0.2, 0) is 17.9 Å². The predicted octanol–water partition coefficient (Wildman–Crippen LogP) is 3.39. The zero-order chi connectivity index (χ0) is 19.6. The number of fused-ring (bicyclic) bond motifs is 1. The Bertz CT molecular complexity index is 764. The summed E-state index contributed by atoms with van der Waals surface area (Å²) in [5.41, 5.74) is 2.00. The smallest absolute Gasteiger partial charge is 0.225 e. The van der Waals surface area contributed by atoms with Gasteiger partial charge in [-0.15, -0.1) is 0 Å². The van der Waals surface area contributed by atoms with Crippen molar-refractivity contribution in [1.82, 2.24) is 14.1 Å². The van der Waals surface area contributed by atoms with Crippen molar-refractivity contribution < 1.29 is 14.6 Å². The van der Waals surface area contributed by atoms with E-state index in [1.54, 1.807) is 22.2 Å². The minimum atomic E-state index is -0.104. The van der Waals surface area contributed by atoms with Crippen LogP contribution in [0.25, 0.3) is 0 Å². The quantitative estimate of drug-likeness (QED) is 0.770. The molecular formula is C20H25N3O3S. The zero-order valence-corrected chi connectivity index (χ0v) is 16.5. The molecule has 0 fully saturated rings. The van der Waals surface area contributed by atoms with Crippen molar-refractivity contribution in [2.45, 2.75) is 26.4 Å². The van der Waals surface area contributed by atoms with E-state index in [0.29, 0.717) is 13.1 Å². The highest BCUT2D eigenvalue weighted by Crippen LogP contribution is 2.26. The van der Waals surface area contributed by atoms with Crippen LogP contribution in [0.15, 0.2) is 60.2 Å². The first-order chi connectivity index (χ1) is 13.1. The summed E-state index contributed by atoms with van der Waals surface area (Å²) < 4.78 is 6.72. The fourth-order valence-electron chi connectivity index (χ4n) is 2.48. The Balaban J connectivity index is 0.000000273. The lowest BCUT2D eigenvalue weighted by Gasteiger charge is -2.14. The van der Waals surface area contributed by atoms with Gasteiger partial charge in [-0.1, -0.05) is 36.9 Å². The third-order valence-electron chi connectivity index (χ3n) is 3.90. The average Bonchev–Trinajstić information content (AvgIpc) is 3.26. The van der Waals surface area contributed by atoms with E-state index in [4.69, 9.17) is 9.84 Å². The largest absolute Gasteiger partial charge is 0.497 e. The summed E-state index contributed by atoms with van der Waals surface area (Å²) >= 11 is 1.50. The molecule has 1 aromatic carbocycles. The number of aromatic nitrogens is 2. The van der Waals surface area contributed by atoms with Crippen LogP contribution in [-0.4, -0.2) is 38.8 Å². The lowest BCUT2D eigenvalue weighted by molar-refractivity contribution is -0.132. The first kappa shape index (κ1) is 20.8. The summed E-state index contributed by atoms with van der Waals surface area (Å²) in [6.45, 7) is 6.70. The number of rotatable bonds is 6. The molecule has 1 aliphatic rings. The van der Waals surface area contributed by atoms with Gasteiger partial charge in [-0.05, 0) is 19.1 Å². The van der Waals surface area contributed by atoms with E-state index in [1.165, 1.54) is 11.9 Å². The van der Waals surface area contributed by atoms with Crippen LogP contribution in [0.2, 0.25) is 0 Å². The SMILES string of the molecule is C=C/C(=C\C)Sn1cc2c(n1)CN(C(=O)CCO)C2.COc1ccccc1. The van der Waals surface area contributed by atoms with Crippen LogP contribution in [0.1, 0.15) is 24.6 Å². The number of carbonyl (C=O) groups excluding carboxylic acids is 1. The minimum absolute atomic E-state index is 0.0278. The molecule has 0 spiro atoms. The molecule has 0 saturated carbocycles. The molecule has 27 heavy (non-hydrogen) atoms. The maximum absolute atomic E-state index is 11.7. The van der Waals surface area contributed by atoms with E-state index in [2.05, 4.69) is 11.7 Å². The number of benzene rings is 1. The number of hydrogen-bond donors (Lipinski definition) is 1. The molecule has 1 N–H and O–H groups in total. The second kappa shape index (κ2) is 10.6. The minimum Gasteiger partial charge on any atom is -0.497 e. The Morgan fingerprint density at radius 3 is 2.63 bits per heavy atom. The van der Waals surface area contributed by atoms with Gasteiger partial charge in [-0.3, -0.25) is 4.79 Å². The van der Waals surface area contributed by atoms with Crippen molar-refractivity contribution >= 4 is 17.9 Å². The predicted molar refractivity (Wildman–Crippen MR) is 108 cm³/mol. The first-order valence-electron chi connectivity index (χ1n) is 8.63. The van der Waals surface area contributed by atoms with Crippen LogP contribution in [0, 0.1) is 0 Å². The van der Waals surface area contributed by atoms with Crippen LogP contribution in [0.3, 0.4) is 0 Å². The van der Waals surface area contributed by atoms with Gasteiger partial charge in [0.15, 0.2) is 0 Å². The topological polar surface area (TPSA) is 67.6 Å². The molecule has 0 radical (unpaired) electrons. The molecule has 2 heterocycles. The fourth-order valence-corrected chi connectivity index (χ4v) is 3.19. The first-order valence-corrected chi connectivity index (χ1v) is 9.40.